The molecule has 1 fully saturated rings. The Morgan fingerprint density at radius 1 is 1.03 bits per heavy atom. The van der Waals surface area contributed by atoms with Crippen molar-refractivity contribution in [2.75, 3.05) is 37.6 Å². The molecule has 0 N–H and O–H groups in total. The number of amides is 2. The largest absolute Gasteiger partial charge is 0.472 e. The quantitative estimate of drug-likeness (QED) is 0.556. The summed E-state index contributed by atoms with van der Waals surface area (Å²) in [4.78, 5) is 31.3. The maximum Gasteiger partial charge on any atom is 0.257 e. The molecule has 0 saturated carbocycles. The molecule has 0 radical (unpaired) electrons. The maximum absolute atomic E-state index is 12.8. The van der Waals surface area contributed by atoms with Crippen LogP contribution < -0.4 is 4.90 Å². The minimum atomic E-state index is -0.191. The molecule has 0 spiro atoms. The van der Waals surface area contributed by atoms with E-state index in [2.05, 4.69) is 4.90 Å². The Morgan fingerprint density at radius 2 is 1.87 bits per heavy atom. The van der Waals surface area contributed by atoms with Gasteiger partial charge in [0.1, 0.15) is 12.0 Å². The number of carbonyl (C=O) groups excluding carboxylic acids is 2. The molecule has 31 heavy (non-hydrogen) atoms. The highest BCUT2D eigenvalue weighted by atomic mass is 35.5. The number of halogens is 1. The smallest absolute Gasteiger partial charge is 0.257 e. The summed E-state index contributed by atoms with van der Waals surface area (Å²) in [6, 6.07) is 13.0. The van der Waals surface area contributed by atoms with E-state index < -0.39 is 0 Å². The third-order valence-corrected chi connectivity index (χ3v) is 5.62. The van der Waals surface area contributed by atoms with Gasteiger partial charge in [-0.25, -0.2) is 0 Å². The van der Waals surface area contributed by atoms with Crippen LogP contribution in [0, 0.1) is 0 Å². The van der Waals surface area contributed by atoms with Gasteiger partial charge in [-0.1, -0.05) is 17.7 Å². The molecule has 0 unspecified atom stereocenters. The van der Waals surface area contributed by atoms with E-state index in [1.807, 2.05) is 35.2 Å². The van der Waals surface area contributed by atoms with E-state index >= 15 is 0 Å². The van der Waals surface area contributed by atoms with Crippen LogP contribution >= 0.6 is 11.6 Å². The number of piperazine rings is 1. The van der Waals surface area contributed by atoms with E-state index in [1.54, 1.807) is 23.3 Å². The Bertz CT molecular complexity index is 996. The summed E-state index contributed by atoms with van der Waals surface area (Å²) in [5, 5.41) is 0.704. The van der Waals surface area contributed by atoms with Gasteiger partial charge in [0.15, 0.2) is 0 Å². The molecule has 1 aliphatic heterocycles. The zero-order valence-electron chi connectivity index (χ0n) is 17.1. The molecule has 3 heterocycles. The molecule has 1 aliphatic rings. The van der Waals surface area contributed by atoms with Gasteiger partial charge >= 0.3 is 0 Å². The normalized spacial score (nSPS) is 14.0. The van der Waals surface area contributed by atoms with Crippen molar-refractivity contribution in [3.05, 3.63) is 77.6 Å². The summed E-state index contributed by atoms with van der Waals surface area (Å²) in [5.74, 6) is 0.512. The van der Waals surface area contributed by atoms with Gasteiger partial charge in [-0.2, -0.15) is 0 Å². The van der Waals surface area contributed by atoms with Crippen LogP contribution in [0.2, 0.25) is 5.02 Å². The zero-order chi connectivity index (χ0) is 21.6. The average Bonchev–Trinajstić information content (AvgIpc) is 3.50. The van der Waals surface area contributed by atoms with Crippen LogP contribution in [-0.2, 0) is 11.3 Å². The molecule has 0 aliphatic carbocycles. The fraction of sp³-hybridized carbons (Fsp3) is 0.304. The molecular formula is C23H24ClN3O4. The van der Waals surface area contributed by atoms with Crippen molar-refractivity contribution in [1.29, 1.82) is 0 Å². The number of nitrogens with zero attached hydrogens (tertiary/aromatic N) is 3. The Labute approximate surface area is 185 Å². The minimum absolute atomic E-state index is 0.0372. The molecule has 0 atom stereocenters. The molecule has 3 aromatic rings. The van der Waals surface area contributed by atoms with E-state index in [9.17, 15) is 9.59 Å². The van der Waals surface area contributed by atoms with Gasteiger partial charge in [-0.3, -0.25) is 9.59 Å². The average molecular weight is 442 g/mol. The van der Waals surface area contributed by atoms with Crippen molar-refractivity contribution in [3.63, 3.8) is 0 Å². The molecule has 1 saturated heterocycles. The van der Waals surface area contributed by atoms with E-state index in [0.717, 1.165) is 18.8 Å². The van der Waals surface area contributed by atoms with E-state index in [-0.39, 0.29) is 18.2 Å². The lowest BCUT2D eigenvalue weighted by molar-refractivity contribution is -0.131. The third kappa shape index (κ3) is 5.30. The van der Waals surface area contributed by atoms with Crippen LogP contribution in [0.1, 0.15) is 22.5 Å². The SMILES string of the molecule is O=C(CCN(Cc1ccco1)C(=O)c1ccoc1)N1CCN(c2cccc(Cl)c2)CC1. The third-order valence-electron chi connectivity index (χ3n) is 5.38. The predicted molar refractivity (Wildman–Crippen MR) is 117 cm³/mol. The predicted octanol–water partition coefficient (Wildman–Crippen LogP) is 3.91. The van der Waals surface area contributed by atoms with Crippen molar-refractivity contribution in [1.82, 2.24) is 9.80 Å². The van der Waals surface area contributed by atoms with Crippen LogP contribution in [0.3, 0.4) is 0 Å². The fourth-order valence-corrected chi connectivity index (χ4v) is 3.87. The first kappa shape index (κ1) is 21.1. The lowest BCUT2D eigenvalue weighted by atomic mass is 10.2. The Hall–Kier alpha value is -3.19. The van der Waals surface area contributed by atoms with Gasteiger partial charge in [0.05, 0.1) is 24.6 Å². The lowest BCUT2D eigenvalue weighted by Crippen LogP contribution is -2.49. The zero-order valence-corrected chi connectivity index (χ0v) is 17.8. The van der Waals surface area contributed by atoms with Crippen LogP contribution in [-0.4, -0.2) is 54.3 Å². The molecule has 4 rings (SSSR count). The molecule has 8 heteroatoms. The van der Waals surface area contributed by atoms with Crippen LogP contribution in [0.25, 0.3) is 0 Å². The van der Waals surface area contributed by atoms with Gasteiger partial charge in [0.2, 0.25) is 5.91 Å². The molecule has 2 amide bonds. The summed E-state index contributed by atoms with van der Waals surface area (Å²) in [6.07, 6.45) is 4.69. The molecule has 1 aromatic carbocycles. The van der Waals surface area contributed by atoms with Gasteiger partial charge in [-0.05, 0) is 36.4 Å². The highest BCUT2D eigenvalue weighted by Gasteiger charge is 2.24. The van der Waals surface area contributed by atoms with Crippen molar-refractivity contribution < 1.29 is 18.4 Å². The van der Waals surface area contributed by atoms with E-state index in [1.165, 1.54) is 12.5 Å². The number of benzene rings is 1. The van der Waals surface area contributed by atoms with Crippen molar-refractivity contribution in [3.8, 4) is 0 Å². The summed E-state index contributed by atoms with van der Waals surface area (Å²) in [5.41, 5.74) is 1.52. The second kappa shape index (κ2) is 9.75. The summed E-state index contributed by atoms with van der Waals surface area (Å²) >= 11 is 6.09. The van der Waals surface area contributed by atoms with Crippen molar-refractivity contribution in [2.24, 2.45) is 0 Å². The van der Waals surface area contributed by atoms with E-state index in [4.69, 9.17) is 20.4 Å². The van der Waals surface area contributed by atoms with E-state index in [0.29, 0.717) is 42.5 Å². The molecule has 0 bridgehead atoms. The molecule has 7 nitrogen and oxygen atoms in total. The van der Waals surface area contributed by atoms with Crippen LogP contribution in [0.15, 0.2) is 70.1 Å². The Balaban J connectivity index is 1.33. The molecule has 162 valence electrons. The number of hydrogen-bond acceptors (Lipinski definition) is 5. The lowest BCUT2D eigenvalue weighted by Gasteiger charge is -2.36. The van der Waals surface area contributed by atoms with Gasteiger partial charge in [-0.15, -0.1) is 0 Å². The molecule has 2 aromatic heterocycles. The molecular weight excluding hydrogens is 418 g/mol. The van der Waals surface area contributed by atoms with Crippen molar-refractivity contribution in [2.45, 2.75) is 13.0 Å². The highest BCUT2D eigenvalue weighted by molar-refractivity contribution is 6.30. The first-order chi connectivity index (χ1) is 15.1. The summed E-state index contributed by atoms with van der Waals surface area (Å²) < 4.78 is 10.4. The second-order valence-electron chi connectivity index (χ2n) is 7.42. The second-order valence-corrected chi connectivity index (χ2v) is 7.85. The number of carbonyl (C=O) groups is 2. The number of furan rings is 2. The highest BCUT2D eigenvalue weighted by Crippen LogP contribution is 2.21. The van der Waals surface area contributed by atoms with Gasteiger partial charge < -0.3 is 23.5 Å². The topological polar surface area (TPSA) is 70.1 Å². The first-order valence-electron chi connectivity index (χ1n) is 10.2. The number of anilines is 1. The minimum Gasteiger partial charge on any atom is -0.472 e. The Morgan fingerprint density at radius 3 is 2.55 bits per heavy atom. The Kier molecular flexibility index (Phi) is 6.62. The first-order valence-corrected chi connectivity index (χ1v) is 10.6. The van der Waals surface area contributed by atoms with Gasteiger partial charge in [0.25, 0.3) is 5.91 Å². The summed E-state index contributed by atoms with van der Waals surface area (Å²) in [7, 11) is 0. The van der Waals surface area contributed by atoms with Crippen LogP contribution in [0.4, 0.5) is 5.69 Å². The standard InChI is InChI=1S/C23H24ClN3O4/c24-19-3-1-4-20(15-19)25-9-11-26(12-10-25)22(28)6-8-27(16-21-5-2-13-31-21)23(29)18-7-14-30-17-18/h1-5,7,13-15,17H,6,8-12,16H2. The number of rotatable bonds is 7. The van der Waals surface area contributed by atoms with Crippen molar-refractivity contribution >= 4 is 29.1 Å². The fourth-order valence-electron chi connectivity index (χ4n) is 3.69. The van der Waals surface area contributed by atoms with Crippen LogP contribution in [0.5, 0.6) is 0 Å². The number of hydrogen-bond donors (Lipinski definition) is 0. The monoisotopic (exact) mass is 441 g/mol. The van der Waals surface area contributed by atoms with Gasteiger partial charge in [0, 0.05) is 49.9 Å². The maximum atomic E-state index is 12.8. The summed E-state index contributed by atoms with van der Waals surface area (Å²) in [6.45, 7) is 3.37.